The molecule has 0 fully saturated rings. The molecule has 0 radical (unpaired) electrons. The molecule has 0 atom stereocenters. The van der Waals surface area contributed by atoms with Crippen LogP contribution in [0.1, 0.15) is 12.0 Å². The zero-order chi connectivity index (χ0) is 30.9. The summed E-state index contributed by atoms with van der Waals surface area (Å²) < 4.78 is 47.2. The number of hydrogen-bond acceptors (Lipinski definition) is 7. The van der Waals surface area contributed by atoms with Gasteiger partial charge in [-0.2, -0.15) is 0 Å². The lowest BCUT2D eigenvalue weighted by Gasteiger charge is -2.26. The second-order valence-corrected chi connectivity index (χ2v) is 10.9. The molecule has 1 aliphatic rings. The molecule has 0 spiro atoms. The van der Waals surface area contributed by atoms with E-state index in [4.69, 9.17) is 11.6 Å². The standard InChI is InChI=1S/C30H31ClF3N7O2/c1-5-27(42)36-23-15-24(26(43-30(32,33)34)16-25(23)40(4)14-13-39(2)3)38-29-35-11-10-22(37-29)20-17-41-12-6-7-19-21(31)9-8-18(20)28(19)41/h5,8-11,15-17H,1,6-7,12-14H2,2-4H3,(H,36,42)(H,35,37,38). The number of likely N-dealkylation sites (N-methyl/N-ethyl adjacent to an activating group) is 2. The lowest BCUT2D eigenvalue weighted by molar-refractivity contribution is -0.274. The van der Waals surface area contributed by atoms with Crippen LogP contribution < -0.4 is 20.3 Å². The summed E-state index contributed by atoms with van der Waals surface area (Å²) in [6, 6.07) is 8.14. The van der Waals surface area contributed by atoms with Crippen LogP contribution in [0.3, 0.4) is 0 Å². The molecule has 5 rings (SSSR count). The van der Waals surface area contributed by atoms with Gasteiger partial charge < -0.3 is 29.7 Å². The minimum Gasteiger partial charge on any atom is -0.403 e. The minimum atomic E-state index is -4.97. The second kappa shape index (κ2) is 12.1. The van der Waals surface area contributed by atoms with Crippen molar-refractivity contribution in [2.75, 3.05) is 49.8 Å². The highest BCUT2D eigenvalue weighted by atomic mass is 35.5. The van der Waals surface area contributed by atoms with Gasteiger partial charge in [0, 0.05) is 61.1 Å². The second-order valence-electron chi connectivity index (χ2n) is 10.5. The highest BCUT2D eigenvalue weighted by Crippen LogP contribution is 2.41. The van der Waals surface area contributed by atoms with Gasteiger partial charge in [-0.1, -0.05) is 24.2 Å². The van der Waals surface area contributed by atoms with Gasteiger partial charge in [0.15, 0.2) is 5.75 Å². The Morgan fingerprint density at radius 1 is 1.19 bits per heavy atom. The number of nitrogens with one attached hydrogen (secondary N) is 2. The largest absolute Gasteiger partial charge is 0.573 e. The third-order valence-electron chi connectivity index (χ3n) is 7.15. The lowest BCUT2D eigenvalue weighted by atomic mass is 10.0. The molecule has 3 heterocycles. The van der Waals surface area contributed by atoms with Crippen molar-refractivity contribution in [2.24, 2.45) is 0 Å². The first-order valence-electron chi connectivity index (χ1n) is 13.6. The van der Waals surface area contributed by atoms with Gasteiger partial charge in [0.1, 0.15) is 0 Å². The Labute approximate surface area is 251 Å². The fraction of sp³-hybridized carbons (Fsp3) is 0.300. The Balaban J connectivity index is 1.56. The van der Waals surface area contributed by atoms with E-state index in [0.29, 0.717) is 24.5 Å². The monoisotopic (exact) mass is 613 g/mol. The fourth-order valence-electron chi connectivity index (χ4n) is 5.13. The van der Waals surface area contributed by atoms with E-state index in [-0.39, 0.29) is 17.3 Å². The number of carbonyl (C=O) groups excluding carboxylic acids is 1. The molecular formula is C30H31ClF3N7O2. The van der Waals surface area contributed by atoms with Gasteiger partial charge in [-0.15, -0.1) is 13.2 Å². The van der Waals surface area contributed by atoms with Crippen LogP contribution in [0.2, 0.25) is 5.02 Å². The smallest absolute Gasteiger partial charge is 0.403 e. The Kier molecular flexibility index (Phi) is 8.52. The molecule has 226 valence electrons. The number of aromatic nitrogens is 3. The van der Waals surface area contributed by atoms with Crippen LogP contribution in [-0.2, 0) is 17.8 Å². The van der Waals surface area contributed by atoms with Crippen LogP contribution in [0, 0.1) is 0 Å². The van der Waals surface area contributed by atoms with Gasteiger partial charge >= 0.3 is 6.36 Å². The van der Waals surface area contributed by atoms with Crippen LogP contribution in [0.15, 0.2) is 55.4 Å². The fourth-order valence-corrected chi connectivity index (χ4v) is 5.37. The zero-order valence-electron chi connectivity index (χ0n) is 23.9. The van der Waals surface area contributed by atoms with Gasteiger partial charge in [-0.25, -0.2) is 9.97 Å². The van der Waals surface area contributed by atoms with Crippen molar-refractivity contribution < 1.29 is 22.7 Å². The van der Waals surface area contributed by atoms with Crippen molar-refractivity contribution in [3.63, 3.8) is 0 Å². The summed E-state index contributed by atoms with van der Waals surface area (Å²) in [6.45, 7) is 5.40. The molecule has 9 nitrogen and oxygen atoms in total. The van der Waals surface area contributed by atoms with E-state index in [1.54, 1.807) is 18.0 Å². The number of amides is 1. The molecule has 43 heavy (non-hydrogen) atoms. The van der Waals surface area contributed by atoms with Crippen LogP contribution in [-0.4, -0.2) is 65.9 Å². The number of rotatable bonds is 10. The molecule has 2 aromatic heterocycles. The molecule has 0 bridgehead atoms. The number of halogens is 4. The summed E-state index contributed by atoms with van der Waals surface area (Å²) in [4.78, 5) is 24.8. The molecule has 2 N–H and O–H groups in total. The summed E-state index contributed by atoms with van der Waals surface area (Å²) >= 11 is 6.48. The quantitative estimate of drug-likeness (QED) is 0.198. The van der Waals surface area contributed by atoms with E-state index in [2.05, 4.69) is 36.5 Å². The van der Waals surface area contributed by atoms with Crippen LogP contribution in [0.25, 0.3) is 22.2 Å². The van der Waals surface area contributed by atoms with Gasteiger partial charge in [0.25, 0.3) is 0 Å². The number of carbonyl (C=O) groups is 1. The number of ether oxygens (including phenoxy) is 1. The molecular weight excluding hydrogens is 583 g/mol. The van der Waals surface area contributed by atoms with Crippen molar-refractivity contribution in [1.29, 1.82) is 0 Å². The Morgan fingerprint density at radius 3 is 2.70 bits per heavy atom. The van der Waals surface area contributed by atoms with Crippen LogP contribution in [0.4, 0.5) is 36.2 Å². The molecule has 0 saturated heterocycles. The Hall–Kier alpha value is -4.29. The highest BCUT2D eigenvalue weighted by Gasteiger charge is 2.33. The third kappa shape index (κ3) is 6.70. The zero-order valence-corrected chi connectivity index (χ0v) is 24.7. The maximum atomic E-state index is 13.6. The van der Waals surface area contributed by atoms with Crippen LogP contribution in [0.5, 0.6) is 5.75 Å². The summed E-state index contributed by atoms with van der Waals surface area (Å²) in [6.07, 6.45) is 1.48. The number of benzene rings is 2. The van der Waals surface area contributed by atoms with Gasteiger partial charge in [0.05, 0.1) is 28.3 Å². The first-order valence-corrected chi connectivity index (χ1v) is 13.9. The van der Waals surface area contributed by atoms with E-state index in [1.807, 2.05) is 37.3 Å². The molecule has 13 heteroatoms. The molecule has 0 unspecified atom stereocenters. The van der Waals surface area contributed by atoms with Gasteiger partial charge in [0.2, 0.25) is 11.9 Å². The summed E-state index contributed by atoms with van der Waals surface area (Å²) in [5.41, 5.74) is 4.06. The van der Waals surface area contributed by atoms with Gasteiger partial charge in [-0.3, -0.25) is 4.79 Å². The van der Waals surface area contributed by atoms with Crippen molar-refractivity contribution in [3.05, 3.63) is 66.0 Å². The molecule has 1 amide bonds. The first-order chi connectivity index (χ1) is 20.4. The lowest BCUT2D eigenvalue weighted by Crippen LogP contribution is -2.29. The van der Waals surface area contributed by atoms with E-state index < -0.39 is 18.0 Å². The number of anilines is 4. The molecule has 2 aromatic carbocycles. The number of nitrogens with zero attached hydrogens (tertiary/aromatic N) is 5. The van der Waals surface area contributed by atoms with Crippen molar-refractivity contribution in [3.8, 4) is 17.0 Å². The predicted octanol–water partition coefficient (Wildman–Crippen LogP) is 6.46. The topological polar surface area (TPSA) is 87.5 Å². The average Bonchev–Trinajstić information content (AvgIpc) is 3.34. The van der Waals surface area contributed by atoms with Gasteiger partial charge in [-0.05, 0) is 56.8 Å². The van der Waals surface area contributed by atoms with E-state index in [9.17, 15) is 18.0 Å². The normalized spacial score (nSPS) is 12.8. The number of hydrogen-bond donors (Lipinski definition) is 2. The Bertz CT molecular complexity index is 1690. The SMILES string of the molecule is C=CC(=O)Nc1cc(Nc2nccc(-c3cn4c5c(c(Cl)ccc35)CCC4)n2)c(OC(F)(F)F)cc1N(C)CCN(C)C. The van der Waals surface area contributed by atoms with Crippen molar-refractivity contribution in [2.45, 2.75) is 25.7 Å². The highest BCUT2D eigenvalue weighted by molar-refractivity contribution is 6.32. The Morgan fingerprint density at radius 2 is 1.98 bits per heavy atom. The van der Waals surface area contributed by atoms with Crippen molar-refractivity contribution in [1.82, 2.24) is 19.4 Å². The molecule has 4 aromatic rings. The molecule has 1 aliphatic heterocycles. The van der Waals surface area contributed by atoms with Crippen LogP contribution >= 0.6 is 11.6 Å². The summed E-state index contributed by atoms with van der Waals surface area (Å²) in [7, 11) is 5.48. The van der Waals surface area contributed by atoms with Crippen molar-refractivity contribution >= 4 is 51.4 Å². The van der Waals surface area contributed by atoms with E-state index in [0.717, 1.165) is 52.5 Å². The number of alkyl halides is 3. The minimum absolute atomic E-state index is 0.0455. The maximum absolute atomic E-state index is 13.6. The summed E-state index contributed by atoms with van der Waals surface area (Å²) in [5, 5.41) is 7.25. The number of aryl methyl sites for hydroxylation is 2. The van der Waals surface area contributed by atoms with E-state index >= 15 is 0 Å². The third-order valence-corrected chi connectivity index (χ3v) is 7.51. The first kappa shape index (κ1) is 30.2. The molecule has 0 saturated carbocycles. The summed E-state index contributed by atoms with van der Waals surface area (Å²) in [5.74, 6) is -0.986. The predicted molar refractivity (Wildman–Crippen MR) is 163 cm³/mol. The average molecular weight is 614 g/mol. The van der Waals surface area contributed by atoms with E-state index in [1.165, 1.54) is 18.3 Å². The maximum Gasteiger partial charge on any atom is 0.573 e. The molecule has 0 aliphatic carbocycles.